The number of halogens is 1. The summed E-state index contributed by atoms with van der Waals surface area (Å²) in [5.74, 6) is 0.288. The predicted molar refractivity (Wildman–Crippen MR) is 79.7 cm³/mol. The topological polar surface area (TPSA) is 85.8 Å². The van der Waals surface area contributed by atoms with E-state index in [1.165, 1.54) is 5.56 Å². The zero-order valence-electron chi connectivity index (χ0n) is 11.2. The van der Waals surface area contributed by atoms with Crippen LogP contribution < -0.4 is 11.1 Å². The second kappa shape index (κ2) is 7.62. The zero-order chi connectivity index (χ0) is 13.7. The highest BCUT2D eigenvalue weighted by Gasteiger charge is 2.09. The van der Waals surface area contributed by atoms with Crippen molar-refractivity contribution in [2.45, 2.75) is 25.9 Å². The molecule has 108 valence electrons. The van der Waals surface area contributed by atoms with Crippen LogP contribution in [-0.2, 0) is 17.8 Å². The Balaban J connectivity index is 0.00000200. The van der Waals surface area contributed by atoms with Gasteiger partial charge in [-0.05, 0) is 31.0 Å². The Labute approximate surface area is 123 Å². The van der Waals surface area contributed by atoms with Crippen molar-refractivity contribution in [3.8, 4) is 0 Å². The van der Waals surface area contributed by atoms with Crippen molar-refractivity contribution >= 4 is 24.1 Å². The van der Waals surface area contributed by atoms with Crippen molar-refractivity contribution in [1.29, 1.82) is 0 Å². The van der Waals surface area contributed by atoms with Crippen molar-refractivity contribution in [2.24, 2.45) is 5.73 Å². The minimum atomic E-state index is -0.540. The summed E-state index contributed by atoms with van der Waals surface area (Å²) in [6.45, 7) is 2.38. The number of amides is 1. The van der Waals surface area contributed by atoms with Gasteiger partial charge >= 0.3 is 0 Å². The van der Waals surface area contributed by atoms with Crippen LogP contribution in [-0.4, -0.2) is 26.7 Å². The Hall–Kier alpha value is -1.92. The molecular weight excluding hydrogens is 278 g/mol. The monoisotopic (exact) mass is 295 g/mol. The van der Waals surface area contributed by atoms with Crippen LogP contribution in [0.25, 0.3) is 0 Å². The summed E-state index contributed by atoms with van der Waals surface area (Å²) >= 11 is 0. The van der Waals surface area contributed by atoms with Crippen LogP contribution >= 0.6 is 12.4 Å². The van der Waals surface area contributed by atoms with Crippen LogP contribution in [0.3, 0.4) is 0 Å². The number of rotatable bonds is 5. The fourth-order valence-corrected chi connectivity index (χ4v) is 1.59. The van der Waals surface area contributed by atoms with E-state index >= 15 is 0 Å². The zero-order valence-corrected chi connectivity index (χ0v) is 12.0. The predicted octanol–water partition coefficient (Wildman–Crippen LogP) is 1.23. The molecule has 0 saturated heterocycles. The van der Waals surface area contributed by atoms with Gasteiger partial charge in [0.1, 0.15) is 0 Å². The number of nitrogens with zero attached hydrogens (tertiary/aromatic N) is 3. The normalized spacial score (nSPS) is 11.5. The molecule has 2 rings (SSSR count). The van der Waals surface area contributed by atoms with Gasteiger partial charge in [-0.15, -0.1) is 12.4 Å². The maximum absolute atomic E-state index is 11.4. The highest BCUT2D eigenvalue weighted by atomic mass is 35.5. The molecule has 20 heavy (non-hydrogen) atoms. The summed E-state index contributed by atoms with van der Waals surface area (Å²) in [4.78, 5) is 15.4. The molecule has 1 unspecified atom stereocenters. The van der Waals surface area contributed by atoms with Crippen LogP contribution in [0, 0.1) is 0 Å². The molecule has 1 amide bonds. The molecular formula is C13H18ClN5O. The number of carbonyl (C=O) groups excluding carboxylic acids is 1. The number of pyridine rings is 1. The number of carbonyl (C=O) groups is 1. The number of nitrogens with two attached hydrogens (primary N) is 1. The first-order chi connectivity index (χ1) is 9.15. The second-order valence-electron chi connectivity index (χ2n) is 4.35. The largest absolute Gasteiger partial charge is 0.320 e. The van der Waals surface area contributed by atoms with Crippen LogP contribution in [0.4, 0.5) is 5.82 Å². The van der Waals surface area contributed by atoms with Crippen molar-refractivity contribution in [2.75, 3.05) is 5.32 Å². The maximum Gasteiger partial charge on any atom is 0.242 e. The Bertz CT molecular complexity index is 541. The molecule has 0 spiro atoms. The first-order valence-corrected chi connectivity index (χ1v) is 6.14. The Morgan fingerprint density at radius 2 is 2.10 bits per heavy atom. The Morgan fingerprint density at radius 1 is 1.40 bits per heavy atom. The van der Waals surface area contributed by atoms with E-state index in [1.54, 1.807) is 30.1 Å². The molecule has 2 aromatic heterocycles. The molecule has 0 aliphatic carbocycles. The SMILES string of the molecule is CC(N)C(=O)Nc1ccn(CCc2ccncc2)n1.Cl. The summed E-state index contributed by atoms with van der Waals surface area (Å²) in [6, 6.07) is 5.17. The fraction of sp³-hybridized carbons (Fsp3) is 0.308. The van der Waals surface area contributed by atoms with Crippen molar-refractivity contribution in [1.82, 2.24) is 14.8 Å². The maximum atomic E-state index is 11.4. The first-order valence-electron chi connectivity index (χ1n) is 6.14. The van der Waals surface area contributed by atoms with Crippen LogP contribution in [0.15, 0.2) is 36.8 Å². The molecule has 2 heterocycles. The molecule has 0 bridgehead atoms. The molecule has 6 nitrogen and oxygen atoms in total. The molecule has 7 heteroatoms. The smallest absolute Gasteiger partial charge is 0.242 e. The van der Waals surface area contributed by atoms with E-state index in [2.05, 4.69) is 15.4 Å². The molecule has 0 aliphatic heterocycles. The van der Waals surface area contributed by atoms with Gasteiger partial charge < -0.3 is 11.1 Å². The number of nitrogens with one attached hydrogen (secondary N) is 1. The molecule has 0 aliphatic rings. The highest BCUT2D eigenvalue weighted by molar-refractivity contribution is 5.93. The Kier molecular flexibility index (Phi) is 6.14. The van der Waals surface area contributed by atoms with Crippen molar-refractivity contribution < 1.29 is 4.79 Å². The lowest BCUT2D eigenvalue weighted by atomic mass is 10.2. The summed E-state index contributed by atoms with van der Waals surface area (Å²) in [7, 11) is 0. The quantitative estimate of drug-likeness (QED) is 0.868. The standard InChI is InChI=1S/C13H17N5O.ClH/c1-10(14)13(19)16-12-5-9-18(17-12)8-4-11-2-6-15-7-3-11;/h2-3,5-7,9-10H,4,8,14H2,1H3,(H,16,17,19);1H. The molecule has 1 atom stereocenters. The Morgan fingerprint density at radius 3 is 2.75 bits per heavy atom. The molecule has 3 N–H and O–H groups in total. The van der Waals surface area contributed by atoms with Gasteiger partial charge in [0.15, 0.2) is 5.82 Å². The number of aromatic nitrogens is 3. The van der Waals surface area contributed by atoms with Gasteiger partial charge in [-0.2, -0.15) is 5.10 Å². The number of aryl methyl sites for hydroxylation is 2. The van der Waals surface area contributed by atoms with Gasteiger partial charge in [-0.25, -0.2) is 0 Å². The molecule has 0 saturated carbocycles. The lowest BCUT2D eigenvalue weighted by molar-refractivity contribution is -0.117. The van der Waals surface area contributed by atoms with E-state index in [1.807, 2.05) is 18.3 Å². The van der Waals surface area contributed by atoms with Gasteiger partial charge in [-0.3, -0.25) is 14.5 Å². The van der Waals surface area contributed by atoms with E-state index in [-0.39, 0.29) is 18.3 Å². The fourth-order valence-electron chi connectivity index (χ4n) is 1.59. The van der Waals surface area contributed by atoms with Crippen molar-refractivity contribution in [3.05, 3.63) is 42.4 Å². The third kappa shape index (κ3) is 4.64. The summed E-state index contributed by atoms with van der Waals surface area (Å²) in [6.07, 6.45) is 6.24. The lowest BCUT2D eigenvalue weighted by Gasteiger charge is -2.04. The minimum Gasteiger partial charge on any atom is -0.320 e. The third-order valence-corrected chi connectivity index (χ3v) is 2.68. The van der Waals surface area contributed by atoms with Gasteiger partial charge in [0.2, 0.25) is 5.91 Å². The van der Waals surface area contributed by atoms with Crippen LogP contribution in [0.1, 0.15) is 12.5 Å². The third-order valence-electron chi connectivity index (χ3n) is 2.68. The minimum absolute atomic E-state index is 0. The summed E-state index contributed by atoms with van der Waals surface area (Å²) < 4.78 is 1.79. The summed E-state index contributed by atoms with van der Waals surface area (Å²) in [5.41, 5.74) is 6.67. The van der Waals surface area contributed by atoms with E-state index in [4.69, 9.17) is 5.73 Å². The molecule has 2 aromatic rings. The van der Waals surface area contributed by atoms with E-state index in [0.717, 1.165) is 13.0 Å². The average molecular weight is 296 g/mol. The number of hydrogen-bond acceptors (Lipinski definition) is 4. The van der Waals surface area contributed by atoms with Crippen LogP contribution in [0.5, 0.6) is 0 Å². The lowest BCUT2D eigenvalue weighted by Crippen LogP contribution is -2.32. The van der Waals surface area contributed by atoms with Crippen LogP contribution in [0.2, 0.25) is 0 Å². The average Bonchev–Trinajstić information content (AvgIpc) is 2.85. The molecule has 0 fully saturated rings. The van der Waals surface area contributed by atoms with Gasteiger partial charge in [0.25, 0.3) is 0 Å². The van der Waals surface area contributed by atoms with Crippen molar-refractivity contribution in [3.63, 3.8) is 0 Å². The highest BCUT2D eigenvalue weighted by Crippen LogP contribution is 2.05. The van der Waals surface area contributed by atoms with Gasteiger partial charge in [0, 0.05) is 31.2 Å². The van der Waals surface area contributed by atoms with E-state index in [0.29, 0.717) is 5.82 Å². The van der Waals surface area contributed by atoms with E-state index in [9.17, 15) is 4.79 Å². The molecule has 0 radical (unpaired) electrons. The summed E-state index contributed by atoms with van der Waals surface area (Å²) in [5, 5.41) is 6.92. The second-order valence-corrected chi connectivity index (χ2v) is 4.35. The van der Waals surface area contributed by atoms with Gasteiger partial charge in [0.05, 0.1) is 6.04 Å². The number of hydrogen-bond donors (Lipinski definition) is 2. The molecule has 0 aromatic carbocycles. The first kappa shape index (κ1) is 16.1. The van der Waals surface area contributed by atoms with E-state index < -0.39 is 6.04 Å². The number of anilines is 1. The van der Waals surface area contributed by atoms with Gasteiger partial charge in [-0.1, -0.05) is 0 Å².